The van der Waals surface area contributed by atoms with Crippen LogP contribution in [0.25, 0.3) is 0 Å². The average molecular weight is 271 g/mol. The maximum Gasteiger partial charge on any atom is 0.0697 e. The van der Waals surface area contributed by atoms with E-state index in [-0.39, 0.29) is 12.2 Å². The molecule has 2 rings (SSSR count). The summed E-state index contributed by atoms with van der Waals surface area (Å²) in [6.45, 7) is 3.51. The van der Waals surface area contributed by atoms with Crippen molar-refractivity contribution in [2.75, 3.05) is 40.0 Å². The van der Waals surface area contributed by atoms with Crippen LogP contribution in [0.1, 0.15) is 44.9 Å². The lowest BCUT2D eigenvalue weighted by Crippen LogP contribution is -2.50. The van der Waals surface area contributed by atoms with E-state index in [1.165, 1.54) is 32.1 Å². The molecule has 1 saturated carbocycles. The number of aliphatic hydroxyl groups is 1. The highest BCUT2D eigenvalue weighted by molar-refractivity contribution is 4.92. The molecule has 1 atom stereocenters. The summed E-state index contributed by atoms with van der Waals surface area (Å²) >= 11 is 0. The van der Waals surface area contributed by atoms with Crippen LogP contribution in [0, 0.1) is 0 Å². The zero-order valence-corrected chi connectivity index (χ0v) is 12.3. The van der Waals surface area contributed by atoms with Gasteiger partial charge in [0.2, 0.25) is 0 Å². The van der Waals surface area contributed by atoms with Gasteiger partial charge >= 0.3 is 0 Å². The molecule has 112 valence electrons. The van der Waals surface area contributed by atoms with E-state index in [0.717, 1.165) is 39.1 Å². The van der Waals surface area contributed by atoms with Crippen LogP contribution in [0.3, 0.4) is 0 Å². The van der Waals surface area contributed by atoms with Gasteiger partial charge in [0, 0.05) is 32.8 Å². The van der Waals surface area contributed by atoms with Gasteiger partial charge in [-0.3, -0.25) is 4.90 Å². The largest absolute Gasteiger partial charge is 0.395 e. The Labute approximate surface area is 117 Å². The second kappa shape index (κ2) is 7.58. The van der Waals surface area contributed by atoms with Crippen molar-refractivity contribution in [2.24, 2.45) is 0 Å². The summed E-state index contributed by atoms with van der Waals surface area (Å²) in [4.78, 5) is 2.39. The van der Waals surface area contributed by atoms with Crippen LogP contribution in [0.15, 0.2) is 0 Å². The van der Waals surface area contributed by atoms with Crippen LogP contribution in [0.5, 0.6) is 0 Å². The number of rotatable bonds is 6. The van der Waals surface area contributed by atoms with Gasteiger partial charge in [0.1, 0.15) is 0 Å². The maximum absolute atomic E-state index is 9.25. The summed E-state index contributed by atoms with van der Waals surface area (Å²) in [5.74, 6) is 0. The van der Waals surface area contributed by atoms with Gasteiger partial charge in [-0.1, -0.05) is 19.3 Å². The van der Waals surface area contributed by atoms with Crippen molar-refractivity contribution in [1.29, 1.82) is 0 Å². The Morgan fingerprint density at radius 2 is 2.05 bits per heavy atom. The van der Waals surface area contributed by atoms with E-state index in [2.05, 4.69) is 4.90 Å². The first kappa shape index (κ1) is 15.2. The molecule has 19 heavy (non-hydrogen) atoms. The second-order valence-corrected chi connectivity index (χ2v) is 5.99. The minimum Gasteiger partial charge on any atom is -0.395 e. The van der Waals surface area contributed by atoms with Crippen LogP contribution in [0.2, 0.25) is 0 Å². The molecule has 4 nitrogen and oxygen atoms in total. The van der Waals surface area contributed by atoms with E-state index >= 15 is 0 Å². The summed E-state index contributed by atoms with van der Waals surface area (Å²) in [5, 5.41) is 9.25. The molecule has 0 aromatic carbocycles. The Bertz CT molecular complexity index is 248. The summed E-state index contributed by atoms with van der Waals surface area (Å²) in [5.41, 5.74) is 0.141. The predicted octanol–water partition coefficient (Wildman–Crippen LogP) is 1.81. The number of methoxy groups -OCH3 is 1. The third-order valence-corrected chi connectivity index (χ3v) is 4.72. The van der Waals surface area contributed by atoms with Crippen LogP contribution in [0.4, 0.5) is 0 Å². The summed E-state index contributed by atoms with van der Waals surface area (Å²) < 4.78 is 11.3. The Morgan fingerprint density at radius 1 is 1.26 bits per heavy atom. The van der Waals surface area contributed by atoms with Crippen LogP contribution >= 0.6 is 0 Å². The molecule has 1 aliphatic heterocycles. The van der Waals surface area contributed by atoms with E-state index in [9.17, 15) is 5.11 Å². The van der Waals surface area contributed by atoms with Gasteiger partial charge in [-0.15, -0.1) is 0 Å². The van der Waals surface area contributed by atoms with Crippen molar-refractivity contribution in [2.45, 2.75) is 56.6 Å². The van der Waals surface area contributed by atoms with Crippen LogP contribution in [-0.2, 0) is 9.47 Å². The zero-order chi connectivity index (χ0) is 13.6. The molecule has 0 bridgehead atoms. The molecule has 4 heteroatoms. The molecule has 0 radical (unpaired) electrons. The normalized spacial score (nSPS) is 27.0. The van der Waals surface area contributed by atoms with Crippen molar-refractivity contribution < 1.29 is 14.6 Å². The average Bonchev–Trinajstić information content (AvgIpc) is 2.44. The van der Waals surface area contributed by atoms with E-state index in [1.54, 1.807) is 7.11 Å². The molecule has 2 aliphatic rings. The molecule has 1 N–H and O–H groups in total. The lowest BCUT2D eigenvalue weighted by molar-refractivity contribution is -0.126. The van der Waals surface area contributed by atoms with Gasteiger partial charge < -0.3 is 14.6 Å². The van der Waals surface area contributed by atoms with Crippen molar-refractivity contribution >= 4 is 0 Å². The molecule has 0 aromatic rings. The Hall–Kier alpha value is -0.160. The highest BCUT2D eigenvalue weighted by Gasteiger charge is 2.39. The molecular weight excluding hydrogens is 242 g/mol. The fraction of sp³-hybridized carbons (Fsp3) is 1.00. The number of ether oxygens (including phenoxy) is 2. The van der Waals surface area contributed by atoms with Gasteiger partial charge in [-0.25, -0.2) is 0 Å². The molecule has 0 aromatic heterocycles. The molecule has 1 unspecified atom stereocenters. The fourth-order valence-electron chi connectivity index (χ4n) is 3.67. The first-order chi connectivity index (χ1) is 9.29. The van der Waals surface area contributed by atoms with Gasteiger partial charge in [0.15, 0.2) is 0 Å². The third-order valence-electron chi connectivity index (χ3n) is 4.72. The van der Waals surface area contributed by atoms with Crippen molar-refractivity contribution in [1.82, 2.24) is 4.90 Å². The minimum atomic E-state index is 0.141. The smallest absolute Gasteiger partial charge is 0.0697 e. The Morgan fingerprint density at radius 3 is 2.74 bits per heavy atom. The standard InChI is InChI=1S/C15H29NO3/c1-18-12-9-16(8-10-17)14-5-11-19-15(13-14)6-3-2-4-7-15/h14,17H,2-13H2,1H3. The van der Waals surface area contributed by atoms with Crippen LogP contribution < -0.4 is 0 Å². The number of hydrogen-bond acceptors (Lipinski definition) is 4. The van der Waals surface area contributed by atoms with E-state index < -0.39 is 0 Å². The monoisotopic (exact) mass is 271 g/mol. The predicted molar refractivity (Wildman–Crippen MR) is 75.3 cm³/mol. The first-order valence-electron chi connectivity index (χ1n) is 7.77. The first-order valence-corrected chi connectivity index (χ1v) is 7.77. The van der Waals surface area contributed by atoms with Gasteiger partial charge in [-0.05, 0) is 25.7 Å². The molecule has 2 fully saturated rings. The summed E-state index contributed by atoms with van der Waals surface area (Å²) in [6.07, 6.45) is 8.65. The second-order valence-electron chi connectivity index (χ2n) is 5.99. The SMILES string of the molecule is COCCN(CCO)C1CCOC2(CCCCC2)C1. The Balaban J connectivity index is 1.93. The Kier molecular flexibility index (Phi) is 6.07. The quantitative estimate of drug-likeness (QED) is 0.800. The maximum atomic E-state index is 9.25. The highest BCUT2D eigenvalue weighted by atomic mass is 16.5. The highest BCUT2D eigenvalue weighted by Crippen LogP contribution is 2.39. The summed E-state index contributed by atoms with van der Waals surface area (Å²) in [6, 6.07) is 0.550. The molecule has 1 aliphatic carbocycles. The zero-order valence-electron chi connectivity index (χ0n) is 12.3. The molecular formula is C15H29NO3. The van der Waals surface area contributed by atoms with Crippen molar-refractivity contribution in [3.63, 3.8) is 0 Å². The van der Waals surface area contributed by atoms with Crippen molar-refractivity contribution in [3.8, 4) is 0 Å². The molecule has 1 heterocycles. The van der Waals surface area contributed by atoms with Crippen LogP contribution in [-0.4, -0.2) is 61.7 Å². The van der Waals surface area contributed by atoms with E-state index in [0.29, 0.717) is 6.04 Å². The van der Waals surface area contributed by atoms with Crippen molar-refractivity contribution in [3.05, 3.63) is 0 Å². The molecule has 0 amide bonds. The lowest BCUT2D eigenvalue weighted by Gasteiger charge is -2.46. The van der Waals surface area contributed by atoms with Gasteiger partial charge in [-0.2, -0.15) is 0 Å². The number of hydrogen-bond donors (Lipinski definition) is 1. The third kappa shape index (κ3) is 4.15. The number of nitrogens with zero attached hydrogens (tertiary/aromatic N) is 1. The fourth-order valence-corrected chi connectivity index (χ4v) is 3.67. The lowest BCUT2D eigenvalue weighted by atomic mass is 9.78. The van der Waals surface area contributed by atoms with E-state index in [1.807, 2.05) is 0 Å². The number of aliphatic hydroxyl groups excluding tert-OH is 1. The topological polar surface area (TPSA) is 41.9 Å². The van der Waals surface area contributed by atoms with E-state index in [4.69, 9.17) is 9.47 Å². The molecule has 1 spiro atoms. The minimum absolute atomic E-state index is 0.141. The van der Waals surface area contributed by atoms with Gasteiger partial charge in [0.25, 0.3) is 0 Å². The summed E-state index contributed by atoms with van der Waals surface area (Å²) in [7, 11) is 1.74. The molecule has 1 saturated heterocycles. The van der Waals surface area contributed by atoms with Gasteiger partial charge in [0.05, 0.1) is 18.8 Å².